The first-order chi connectivity index (χ1) is 10.8. The van der Waals surface area contributed by atoms with Gasteiger partial charge in [-0.15, -0.1) is 10.2 Å². The number of nitrogens with zero attached hydrogens (tertiary/aromatic N) is 5. The highest BCUT2D eigenvalue weighted by Gasteiger charge is 2.37. The van der Waals surface area contributed by atoms with E-state index in [0.717, 1.165) is 38.2 Å². The largest absolute Gasteiger partial charge is 0.340 e. The number of likely N-dealkylation sites (tertiary alicyclic amines) is 1. The standard InChI is InChI=1S/C16H19N5O/c22-16(13-6-7-13)20-9-8-14(11-20)21-18-15(17-19-21)10-12-4-2-1-3-5-12/h1-5,13-14H,6-11H2/t14-/m0/s1. The third kappa shape index (κ3) is 2.73. The molecule has 1 aliphatic heterocycles. The van der Waals surface area contributed by atoms with Gasteiger partial charge < -0.3 is 4.90 Å². The summed E-state index contributed by atoms with van der Waals surface area (Å²) in [6.45, 7) is 1.53. The minimum absolute atomic E-state index is 0.166. The van der Waals surface area contributed by atoms with Crippen LogP contribution in [-0.2, 0) is 11.2 Å². The van der Waals surface area contributed by atoms with Gasteiger partial charge in [-0.05, 0) is 30.0 Å². The minimum Gasteiger partial charge on any atom is -0.340 e. The van der Waals surface area contributed by atoms with Crippen LogP contribution in [0.15, 0.2) is 30.3 Å². The van der Waals surface area contributed by atoms with Gasteiger partial charge in [0.1, 0.15) is 0 Å². The quantitative estimate of drug-likeness (QED) is 0.857. The average Bonchev–Trinajstić information content (AvgIpc) is 3.09. The van der Waals surface area contributed by atoms with Gasteiger partial charge in [0, 0.05) is 25.4 Å². The summed E-state index contributed by atoms with van der Waals surface area (Å²) in [6, 6.07) is 10.3. The van der Waals surface area contributed by atoms with E-state index in [2.05, 4.69) is 27.5 Å². The molecule has 1 amide bonds. The zero-order chi connectivity index (χ0) is 14.9. The summed E-state index contributed by atoms with van der Waals surface area (Å²) < 4.78 is 0. The van der Waals surface area contributed by atoms with Crippen LogP contribution in [0.1, 0.15) is 36.7 Å². The zero-order valence-electron chi connectivity index (χ0n) is 12.4. The maximum absolute atomic E-state index is 12.1. The van der Waals surface area contributed by atoms with Crippen LogP contribution in [0, 0.1) is 5.92 Å². The molecule has 1 saturated heterocycles. The predicted octanol–water partition coefficient (Wildman–Crippen LogP) is 1.45. The van der Waals surface area contributed by atoms with Crippen LogP contribution < -0.4 is 0 Å². The fourth-order valence-electron chi connectivity index (χ4n) is 2.98. The first-order valence-corrected chi connectivity index (χ1v) is 7.91. The molecule has 6 heteroatoms. The number of rotatable bonds is 4. The molecule has 1 aromatic heterocycles. The lowest BCUT2D eigenvalue weighted by Gasteiger charge is -2.15. The van der Waals surface area contributed by atoms with Gasteiger partial charge in [0.25, 0.3) is 0 Å². The fourth-order valence-corrected chi connectivity index (χ4v) is 2.98. The van der Waals surface area contributed by atoms with Crippen molar-refractivity contribution in [2.75, 3.05) is 13.1 Å². The molecule has 0 bridgehead atoms. The Kier molecular flexibility index (Phi) is 3.36. The predicted molar refractivity (Wildman–Crippen MR) is 80.0 cm³/mol. The number of benzene rings is 1. The summed E-state index contributed by atoms with van der Waals surface area (Å²) in [6.07, 6.45) is 3.73. The fraction of sp³-hybridized carbons (Fsp3) is 0.500. The third-order valence-electron chi connectivity index (χ3n) is 4.40. The molecule has 1 saturated carbocycles. The van der Waals surface area contributed by atoms with Gasteiger partial charge in [-0.1, -0.05) is 30.3 Å². The lowest BCUT2D eigenvalue weighted by molar-refractivity contribution is -0.131. The summed E-state index contributed by atoms with van der Waals surface area (Å²) in [4.78, 5) is 15.7. The van der Waals surface area contributed by atoms with Crippen LogP contribution >= 0.6 is 0 Å². The highest BCUT2D eigenvalue weighted by molar-refractivity contribution is 5.81. The van der Waals surface area contributed by atoms with Crippen LogP contribution in [0.25, 0.3) is 0 Å². The molecule has 0 radical (unpaired) electrons. The molecule has 0 N–H and O–H groups in total. The van der Waals surface area contributed by atoms with Gasteiger partial charge >= 0.3 is 0 Å². The van der Waals surface area contributed by atoms with E-state index in [4.69, 9.17) is 0 Å². The van der Waals surface area contributed by atoms with Gasteiger partial charge in [-0.2, -0.15) is 4.80 Å². The second-order valence-corrected chi connectivity index (χ2v) is 6.19. The lowest BCUT2D eigenvalue weighted by Crippen LogP contribution is -2.30. The lowest BCUT2D eigenvalue weighted by atomic mass is 10.1. The molecule has 2 heterocycles. The van der Waals surface area contributed by atoms with Crippen LogP contribution in [-0.4, -0.2) is 44.1 Å². The van der Waals surface area contributed by atoms with Gasteiger partial charge in [-0.25, -0.2) is 0 Å². The molecule has 0 unspecified atom stereocenters. The Hall–Kier alpha value is -2.24. The number of aromatic nitrogens is 4. The third-order valence-corrected chi connectivity index (χ3v) is 4.40. The van der Waals surface area contributed by atoms with E-state index >= 15 is 0 Å². The van der Waals surface area contributed by atoms with Crippen molar-refractivity contribution in [3.05, 3.63) is 41.7 Å². The first kappa shape index (κ1) is 13.4. The molecule has 6 nitrogen and oxygen atoms in total. The molecular formula is C16H19N5O. The molecular weight excluding hydrogens is 278 g/mol. The van der Waals surface area contributed by atoms with Crippen molar-refractivity contribution in [2.45, 2.75) is 31.7 Å². The Morgan fingerprint density at radius 3 is 2.77 bits per heavy atom. The normalized spacial score (nSPS) is 21.3. The van der Waals surface area contributed by atoms with Crippen LogP contribution in [0.5, 0.6) is 0 Å². The van der Waals surface area contributed by atoms with Gasteiger partial charge in [-0.3, -0.25) is 4.79 Å². The molecule has 0 spiro atoms. The van der Waals surface area contributed by atoms with Crippen molar-refractivity contribution in [1.29, 1.82) is 0 Å². The number of amides is 1. The highest BCUT2D eigenvalue weighted by Crippen LogP contribution is 2.33. The zero-order valence-corrected chi connectivity index (χ0v) is 12.4. The van der Waals surface area contributed by atoms with Crippen LogP contribution in [0.2, 0.25) is 0 Å². The Balaban J connectivity index is 1.40. The Bertz CT molecular complexity index is 664. The summed E-state index contributed by atoms with van der Waals surface area (Å²) in [5, 5.41) is 12.8. The number of carbonyl (C=O) groups excluding carboxylic acids is 1. The van der Waals surface area contributed by atoms with Crippen molar-refractivity contribution < 1.29 is 4.79 Å². The molecule has 1 atom stereocenters. The number of hydrogen-bond acceptors (Lipinski definition) is 4. The molecule has 22 heavy (non-hydrogen) atoms. The second kappa shape index (κ2) is 5.51. The number of tetrazole rings is 1. The molecule has 2 aromatic rings. The molecule has 2 fully saturated rings. The van der Waals surface area contributed by atoms with Crippen molar-refractivity contribution in [1.82, 2.24) is 25.1 Å². The highest BCUT2D eigenvalue weighted by atomic mass is 16.2. The van der Waals surface area contributed by atoms with Crippen molar-refractivity contribution >= 4 is 5.91 Å². The van der Waals surface area contributed by atoms with Gasteiger partial charge in [0.15, 0.2) is 5.82 Å². The van der Waals surface area contributed by atoms with E-state index in [0.29, 0.717) is 12.3 Å². The molecule has 4 rings (SSSR count). The summed E-state index contributed by atoms with van der Waals surface area (Å²) >= 11 is 0. The van der Waals surface area contributed by atoms with E-state index in [1.54, 1.807) is 4.80 Å². The van der Waals surface area contributed by atoms with Crippen molar-refractivity contribution in [3.63, 3.8) is 0 Å². The molecule has 1 aromatic carbocycles. The van der Waals surface area contributed by atoms with Crippen molar-refractivity contribution in [2.24, 2.45) is 5.92 Å². The van der Waals surface area contributed by atoms with Crippen molar-refractivity contribution in [3.8, 4) is 0 Å². The molecule has 114 valence electrons. The Labute approximate surface area is 129 Å². The SMILES string of the molecule is O=C(C1CC1)N1CC[C@H](n2nnc(Cc3ccccc3)n2)C1. The molecule has 2 aliphatic rings. The smallest absolute Gasteiger partial charge is 0.225 e. The molecule has 1 aliphatic carbocycles. The first-order valence-electron chi connectivity index (χ1n) is 7.91. The van der Waals surface area contributed by atoms with E-state index < -0.39 is 0 Å². The number of carbonyl (C=O) groups is 1. The topological polar surface area (TPSA) is 63.9 Å². The summed E-state index contributed by atoms with van der Waals surface area (Å²) in [7, 11) is 0. The Morgan fingerprint density at radius 2 is 2.00 bits per heavy atom. The van der Waals surface area contributed by atoms with E-state index in [-0.39, 0.29) is 12.0 Å². The average molecular weight is 297 g/mol. The minimum atomic E-state index is 0.166. The summed E-state index contributed by atoms with van der Waals surface area (Å²) in [5.41, 5.74) is 1.18. The van der Waals surface area contributed by atoms with E-state index in [9.17, 15) is 4.79 Å². The maximum Gasteiger partial charge on any atom is 0.225 e. The van der Waals surface area contributed by atoms with E-state index in [1.165, 1.54) is 5.56 Å². The van der Waals surface area contributed by atoms with Crippen LogP contribution in [0.3, 0.4) is 0 Å². The Morgan fingerprint density at radius 1 is 1.18 bits per heavy atom. The number of hydrogen-bond donors (Lipinski definition) is 0. The van der Waals surface area contributed by atoms with E-state index in [1.807, 2.05) is 23.1 Å². The summed E-state index contributed by atoms with van der Waals surface area (Å²) in [5.74, 6) is 1.33. The monoisotopic (exact) mass is 297 g/mol. The van der Waals surface area contributed by atoms with Gasteiger partial charge in [0.05, 0.1) is 6.04 Å². The maximum atomic E-state index is 12.1. The van der Waals surface area contributed by atoms with Crippen LogP contribution in [0.4, 0.5) is 0 Å². The second-order valence-electron chi connectivity index (χ2n) is 6.19. The van der Waals surface area contributed by atoms with Gasteiger partial charge in [0.2, 0.25) is 5.91 Å².